The number of carbonyl (C=O) groups excluding carboxylic acids is 1. The van der Waals surface area contributed by atoms with Gasteiger partial charge in [0.1, 0.15) is 18.1 Å². The van der Waals surface area contributed by atoms with Crippen LogP contribution in [0, 0.1) is 0 Å². The molecular formula is C11H16N2O3. The van der Waals surface area contributed by atoms with Crippen molar-refractivity contribution >= 4 is 5.91 Å². The van der Waals surface area contributed by atoms with E-state index in [-0.39, 0.29) is 18.6 Å². The van der Waals surface area contributed by atoms with Gasteiger partial charge in [-0.25, -0.2) is 0 Å². The first-order valence-corrected chi connectivity index (χ1v) is 5.46. The molecule has 1 fully saturated rings. The minimum absolute atomic E-state index is 0.0708. The third kappa shape index (κ3) is 2.84. The van der Waals surface area contributed by atoms with E-state index in [1.54, 1.807) is 6.07 Å². The minimum atomic E-state index is -0.0708. The molecule has 0 aliphatic carbocycles. The Balaban J connectivity index is 1.69. The van der Waals surface area contributed by atoms with Crippen LogP contribution in [-0.2, 0) is 17.9 Å². The average molecular weight is 224 g/mol. The standard InChI is InChI=1S/C11H16N2O3/c14-7-10-3-2-9(16-10)6-12-5-8-1-4-11(15)13-8/h2-3,8,12,14H,1,4-7H2,(H,13,15). The topological polar surface area (TPSA) is 74.5 Å². The van der Waals surface area contributed by atoms with E-state index >= 15 is 0 Å². The van der Waals surface area contributed by atoms with Crippen LogP contribution in [0.1, 0.15) is 24.4 Å². The molecule has 1 aliphatic rings. The van der Waals surface area contributed by atoms with E-state index in [9.17, 15) is 4.79 Å². The molecule has 0 saturated carbocycles. The Morgan fingerprint density at radius 3 is 2.94 bits per heavy atom. The van der Waals surface area contributed by atoms with E-state index in [0.717, 1.165) is 18.7 Å². The van der Waals surface area contributed by atoms with Crippen molar-refractivity contribution in [3.8, 4) is 0 Å². The van der Waals surface area contributed by atoms with E-state index in [1.807, 2.05) is 6.07 Å². The summed E-state index contributed by atoms with van der Waals surface area (Å²) in [5.74, 6) is 1.51. The van der Waals surface area contributed by atoms with Crippen LogP contribution in [0.25, 0.3) is 0 Å². The molecule has 2 rings (SSSR count). The van der Waals surface area contributed by atoms with Crippen LogP contribution in [0.15, 0.2) is 16.5 Å². The van der Waals surface area contributed by atoms with Crippen LogP contribution in [-0.4, -0.2) is 23.6 Å². The lowest BCUT2D eigenvalue weighted by molar-refractivity contribution is -0.119. The number of hydrogen-bond donors (Lipinski definition) is 3. The Labute approximate surface area is 93.8 Å². The van der Waals surface area contributed by atoms with Gasteiger partial charge in [0.25, 0.3) is 0 Å². The molecule has 1 amide bonds. The third-order valence-corrected chi connectivity index (χ3v) is 2.65. The van der Waals surface area contributed by atoms with Crippen LogP contribution in [0.5, 0.6) is 0 Å². The Kier molecular flexibility index (Phi) is 3.58. The molecule has 2 heterocycles. The Morgan fingerprint density at radius 1 is 1.50 bits per heavy atom. The monoisotopic (exact) mass is 224 g/mol. The summed E-state index contributed by atoms with van der Waals surface area (Å²) in [7, 11) is 0. The summed E-state index contributed by atoms with van der Waals surface area (Å²) in [5.41, 5.74) is 0. The van der Waals surface area contributed by atoms with Gasteiger partial charge in [-0.05, 0) is 18.6 Å². The summed E-state index contributed by atoms with van der Waals surface area (Å²) in [6, 6.07) is 3.83. The van der Waals surface area contributed by atoms with Gasteiger partial charge >= 0.3 is 0 Å². The molecule has 88 valence electrons. The number of aliphatic hydroxyl groups excluding tert-OH is 1. The van der Waals surface area contributed by atoms with Gasteiger partial charge in [0.05, 0.1) is 6.54 Å². The van der Waals surface area contributed by atoms with Crippen molar-refractivity contribution in [3.63, 3.8) is 0 Å². The zero-order valence-electron chi connectivity index (χ0n) is 9.03. The summed E-state index contributed by atoms with van der Waals surface area (Å²) in [5, 5.41) is 14.9. The molecule has 1 aromatic heterocycles. The van der Waals surface area contributed by atoms with E-state index in [0.29, 0.717) is 18.7 Å². The van der Waals surface area contributed by atoms with Crippen LogP contribution >= 0.6 is 0 Å². The summed E-state index contributed by atoms with van der Waals surface area (Å²) < 4.78 is 5.32. The number of amides is 1. The Bertz CT molecular complexity index is 362. The highest BCUT2D eigenvalue weighted by molar-refractivity contribution is 5.78. The van der Waals surface area contributed by atoms with E-state index in [2.05, 4.69) is 10.6 Å². The molecule has 0 bridgehead atoms. The summed E-state index contributed by atoms with van der Waals surface area (Å²) in [4.78, 5) is 10.9. The predicted molar refractivity (Wildman–Crippen MR) is 57.5 cm³/mol. The zero-order valence-corrected chi connectivity index (χ0v) is 9.03. The molecule has 1 aromatic rings. The van der Waals surface area contributed by atoms with Crippen molar-refractivity contribution in [2.75, 3.05) is 6.54 Å². The number of aliphatic hydroxyl groups is 1. The number of furan rings is 1. The summed E-state index contributed by atoms with van der Waals surface area (Å²) >= 11 is 0. The van der Waals surface area contributed by atoms with Gasteiger partial charge in [0, 0.05) is 19.0 Å². The second kappa shape index (κ2) is 5.14. The normalized spacial score (nSPS) is 20.1. The number of rotatable bonds is 5. The zero-order chi connectivity index (χ0) is 11.4. The maximum Gasteiger partial charge on any atom is 0.220 e. The smallest absolute Gasteiger partial charge is 0.220 e. The van der Waals surface area contributed by atoms with Gasteiger partial charge in [0.15, 0.2) is 0 Å². The fourth-order valence-electron chi connectivity index (χ4n) is 1.80. The average Bonchev–Trinajstić information content (AvgIpc) is 2.88. The summed E-state index contributed by atoms with van der Waals surface area (Å²) in [6.07, 6.45) is 1.52. The van der Waals surface area contributed by atoms with Crippen LogP contribution in [0.4, 0.5) is 0 Å². The molecule has 1 unspecified atom stereocenters. The van der Waals surface area contributed by atoms with Gasteiger partial charge in [-0.3, -0.25) is 4.79 Å². The molecule has 0 spiro atoms. The highest BCUT2D eigenvalue weighted by atomic mass is 16.4. The molecular weight excluding hydrogens is 208 g/mol. The number of hydrogen-bond acceptors (Lipinski definition) is 4. The lowest BCUT2D eigenvalue weighted by atomic mass is 10.2. The summed E-state index contributed by atoms with van der Waals surface area (Å²) in [6.45, 7) is 1.30. The van der Waals surface area contributed by atoms with E-state index in [1.165, 1.54) is 0 Å². The first-order chi connectivity index (χ1) is 7.78. The predicted octanol–water partition coefficient (Wildman–Crippen LogP) is 0.140. The van der Waals surface area contributed by atoms with Crippen molar-refractivity contribution in [1.29, 1.82) is 0 Å². The largest absolute Gasteiger partial charge is 0.462 e. The number of nitrogens with one attached hydrogen (secondary N) is 2. The van der Waals surface area contributed by atoms with Gasteiger partial charge < -0.3 is 20.2 Å². The van der Waals surface area contributed by atoms with Crippen LogP contribution in [0.2, 0.25) is 0 Å². The Morgan fingerprint density at radius 2 is 2.31 bits per heavy atom. The van der Waals surface area contributed by atoms with Gasteiger partial charge in [-0.2, -0.15) is 0 Å². The second-order valence-corrected chi connectivity index (χ2v) is 3.96. The van der Waals surface area contributed by atoms with E-state index in [4.69, 9.17) is 9.52 Å². The lowest BCUT2D eigenvalue weighted by Gasteiger charge is -2.09. The van der Waals surface area contributed by atoms with Gasteiger partial charge in [-0.15, -0.1) is 0 Å². The third-order valence-electron chi connectivity index (χ3n) is 2.65. The first kappa shape index (κ1) is 11.2. The van der Waals surface area contributed by atoms with Gasteiger partial charge in [0.2, 0.25) is 5.91 Å². The van der Waals surface area contributed by atoms with Crippen LogP contribution < -0.4 is 10.6 Å². The molecule has 5 nitrogen and oxygen atoms in total. The van der Waals surface area contributed by atoms with Crippen LogP contribution in [0.3, 0.4) is 0 Å². The van der Waals surface area contributed by atoms with Crippen molar-refractivity contribution in [2.45, 2.75) is 32.0 Å². The minimum Gasteiger partial charge on any atom is -0.462 e. The molecule has 1 atom stereocenters. The maximum atomic E-state index is 10.9. The molecule has 5 heteroatoms. The van der Waals surface area contributed by atoms with Crippen molar-refractivity contribution in [2.24, 2.45) is 0 Å². The quantitative estimate of drug-likeness (QED) is 0.665. The van der Waals surface area contributed by atoms with Crippen molar-refractivity contribution in [3.05, 3.63) is 23.7 Å². The first-order valence-electron chi connectivity index (χ1n) is 5.46. The maximum absolute atomic E-state index is 10.9. The SMILES string of the molecule is O=C1CCC(CNCc2ccc(CO)o2)N1. The second-order valence-electron chi connectivity index (χ2n) is 3.96. The molecule has 0 aromatic carbocycles. The highest BCUT2D eigenvalue weighted by Crippen LogP contribution is 2.08. The fraction of sp³-hybridized carbons (Fsp3) is 0.545. The number of carbonyl (C=O) groups is 1. The van der Waals surface area contributed by atoms with Crippen molar-refractivity contribution < 1.29 is 14.3 Å². The Hall–Kier alpha value is -1.33. The lowest BCUT2D eigenvalue weighted by Crippen LogP contribution is -2.35. The van der Waals surface area contributed by atoms with E-state index < -0.39 is 0 Å². The fourth-order valence-corrected chi connectivity index (χ4v) is 1.80. The molecule has 3 N–H and O–H groups in total. The van der Waals surface area contributed by atoms with Gasteiger partial charge in [-0.1, -0.05) is 0 Å². The molecule has 0 radical (unpaired) electrons. The van der Waals surface area contributed by atoms with Crippen molar-refractivity contribution in [1.82, 2.24) is 10.6 Å². The highest BCUT2D eigenvalue weighted by Gasteiger charge is 2.19. The molecule has 1 saturated heterocycles. The molecule has 16 heavy (non-hydrogen) atoms. The molecule has 1 aliphatic heterocycles.